The van der Waals surface area contributed by atoms with Gasteiger partial charge in [0.1, 0.15) is 18.0 Å². The van der Waals surface area contributed by atoms with E-state index in [9.17, 15) is 13.2 Å². The predicted molar refractivity (Wildman–Crippen MR) is 56.7 cm³/mol. The van der Waals surface area contributed by atoms with Gasteiger partial charge in [-0.1, -0.05) is 22.0 Å². The number of alkyl halides is 3. The van der Waals surface area contributed by atoms with Crippen LogP contribution in [0.5, 0.6) is 5.75 Å². The van der Waals surface area contributed by atoms with Crippen molar-refractivity contribution in [3.8, 4) is 5.75 Å². The summed E-state index contributed by atoms with van der Waals surface area (Å²) >= 11 is 3.32. The van der Waals surface area contributed by atoms with Gasteiger partial charge in [0.05, 0.1) is 0 Å². The van der Waals surface area contributed by atoms with Gasteiger partial charge in [-0.2, -0.15) is 0 Å². The zero-order chi connectivity index (χ0) is 12.2. The van der Waals surface area contributed by atoms with Crippen LogP contribution in [0.2, 0.25) is 0 Å². The van der Waals surface area contributed by atoms with Gasteiger partial charge in [0.25, 0.3) is 0 Å². The van der Waals surface area contributed by atoms with Gasteiger partial charge in [0.15, 0.2) is 0 Å². The lowest BCUT2D eigenvalue weighted by atomic mass is 9.97. The standard InChI is InChI=1S/C11H6BrF3O2/c12-8-4-9-6-2-1-5(17-11(13,14)15)3-7(6)10(8)16-9/h1-4,9-10H. The highest BCUT2D eigenvalue weighted by atomic mass is 79.9. The molecule has 2 bridgehead atoms. The van der Waals surface area contributed by atoms with Gasteiger partial charge in [0.2, 0.25) is 0 Å². The third-order valence-corrected chi connectivity index (χ3v) is 3.40. The van der Waals surface area contributed by atoms with Crippen LogP contribution in [0.25, 0.3) is 0 Å². The second-order valence-electron chi connectivity index (χ2n) is 3.83. The van der Waals surface area contributed by atoms with E-state index in [-0.39, 0.29) is 18.0 Å². The Bertz CT molecular complexity index is 510. The summed E-state index contributed by atoms with van der Waals surface area (Å²) in [5.41, 5.74) is 1.62. The summed E-state index contributed by atoms with van der Waals surface area (Å²) in [5, 5.41) is 0. The van der Waals surface area contributed by atoms with Crippen molar-refractivity contribution in [3.05, 3.63) is 39.9 Å². The van der Waals surface area contributed by atoms with Crippen molar-refractivity contribution in [2.45, 2.75) is 18.6 Å². The van der Waals surface area contributed by atoms with Gasteiger partial charge in [-0.05, 0) is 29.3 Å². The Kier molecular flexibility index (Phi) is 2.28. The molecule has 0 amide bonds. The van der Waals surface area contributed by atoms with Crippen molar-refractivity contribution < 1.29 is 22.6 Å². The van der Waals surface area contributed by atoms with E-state index in [4.69, 9.17) is 4.74 Å². The number of ether oxygens (including phenoxy) is 2. The number of benzene rings is 1. The molecule has 0 aromatic heterocycles. The summed E-state index contributed by atoms with van der Waals surface area (Å²) in [7, 11) is 0. The summed E-state index contributed by atoms with van der Waals surface area (Å²) in [6.07, 6.45) is -3.23. The van der Waals surface area contributed by atoms with E-state index in [0.717, 1.165) is 15.6 Å². The van der Waals surface area contributed by atoms with Gasteiger partial charge in [-0.15, -0.1) is 13.2 Å². The van der Waals surface area contributed by atoms with E-state index in [0.29, 0.717) is 0 Å². The molecule has 2 atom stereocenters. The molecule has 0 saturated carbocycles. The van der Waals surface area contributed by atoms with E-state index in [1.54, 1.807) is 6.07 Å². The van der Waals surface area contributed by atoms with Crippen LogP contribution in [-0.2, 0) is 4.74 Å². The van der Waals surface area contributed by atoms with E-state index < -0.39 is 6.36 Å². The predicted octanol–water partition coefficient (Wildman–Crippen LogP) is 3.99. The first-order chi connectivity index (χ1) is 7.94. The van der Waals surface area contributed by atoms with Gasteiger partial charge in [0, 0.05) is 4.48 Å². The van der Waals surface area contributed by atoms with Crippen LogP contribution in [0, 0.1) is 0 Å². The highest BCUT2D eigenvalue weighted by Crippen LogP contribution is 2.52. The Morgan fingerprint density at radius 2 is 2.00 bits per heavy atom. The minimum Gasteiger partial charge on any atom is -0.406 e. The zero-order valence-electron chi connectivity index (χ0n) is 8.29. The molecule has 2 unspecified atom stereocenters. The molecule has 0 N–H and O–H groups in total. The summed E-state index contributed by atoms with van der Waals surface area (Å²) in [4.78, 5) is 0. The Morgan fingerprint density at radius 3 is 2.71 bits per heavy atom. The quantitative estimate of drug-likeness (QED) is 0.781. The largest absolute Gasteiger partial charge is 0.573 e. The van der Waals surface area contributed by atoms with E-state index >= 15 is 0 Å². The van der Waals surface area contributed by atoms with Crippen LogP contribution in [0.3, 0.4) is 0 Å². The first kappa shape index (κ1) is 11.1. The molecule has 0 saturated heterocycles. The van der Waals surface area contributed by atoms with Crippen molar-refractivity contribution >= 4 is 15.9 Å². The lowest BCUT2D eigenvalue weighted by Crippen LogP contribution is -2.17. The summed E-state index contributed by atoms with van der Waals surface area (Å²) in [6.45, 7) is 0. The van der Waals surface area contributed by atoms with Crippen LogP contribution < -0.4 is 4.74 Å². The van der Waals surface area contributed by atoms with Gasteiger partial charge < -0.3 is 9.47 Å². The van der Waals surface area contributed by atoms with Crippen LogP contribution in [-0.4, -0.2) is 6.36 Å². The van der Waals surface area contributed by atoms with Gasteiger partial charge in [-0.25, -0.2) is 0 Å². The van der Waals surface area contributed by atoms with Crippen molar-refractivity contribution in [1.82, 2.24) is 0 Å². The molecule has 0 aliphatic carbocycles. The Hall–Kier alpha value is -1.01. The fourth-order valence-corrected chi connectivity index (χ4v) is 2.70. The molecular formula is C11H6BrF3O2. The molecule has 6 heteroatoms. The molecule has 2 nitrogen and oxygen atoms in total. The molecule has 0 radical (unpaired) electrons. The van der Waals surface area contributed by atoms with Crippen LogP contribution in [0.15, 0.2) is 28.8 Å². The lowest BCUT2D eigenvalue weighted by Gasteiger charge is -2.13. The fraction of sp³-hybridized carbons (Fsp3) is 0.273. The fourth-order valence-electron chi connectivity index (χ4n) is 2.10. The highest BCUT2D eigenvalue weighted by Gasteiger charge is 2.39. The molecule has 1 aromatic carbocycles. The van der Waals surface area contributed by atoms with Crippen LogP contribution in [0.1, 0.15) is 23.3 Å². The smallest absolute Gasteiger partial charge is 0.406 e. The molecular weight excluding hydrogens is 301 g/mol. The van der Waals surface area contributed by atoms with Crippen LogP contribution >= 0.6 is 15.9 Å². The number of hydrogen-bond acceptors (Lipinski definition) is 2. The monoisotopic (exact) mass is 306 g/mol. The minimum absolute atomic E-state index is 0.163. The maximum absolute atomic E-state index is 12.1. The second kappa shape index (κ2) is 3.49. The third kappa shape index (κ3) is 1.85. The third-order valence-electron chi connectivity index (χ3n) is 2.72. The number of fused-ring (bicyclic) bond motifs is 5. The van der Waals surface area contributed by atoms with E-state index in [1.807, 2.05) is 6.08 Å². The summed E-state index contributed by atoms with van der Waals surface area (Å²) in [6, 6.07) is 4.29. The molecule has 2 aliphatic rings. The molecule has 3 rings (SSSR count). The van der Waals surface area contributed by atoms with E-state index in [2.05, 4.69) is 20.7 Å². The zero-order valence-corrected chi connectivity index (χ0v) is 9.88. The molecule has 0 fully saturated rings. The molecule has 0 spiro atoms. The van der Waals surface area contributed by atoms with Crippen molar-refractivity contribution in [2.75, 3.05) is 0 Å². The van der Waals surface area contributed by atoms with Gasteiger partial charge >= 0.3 is 6.36 Å². The average molecular weight is 307 g/mol. The first-order valence-electron chi connectivity index (χ1n) is 4.86. The lowest BCUT2D eigenvalue weighted by molar-refractivity contribution is -0.274. The maximum Gasteiger partial charge on any atom is 0.573 e. The van der Waals surface area contributed by atoms with Crippen LogP contribution in [0.4, 0.5) is 13.2 Å². The van der Waals surface area contributed by atoms with E-state index in [1.165, 1.54) is 12.1 Å². The maximum atomic E-state index is 12.1. The normalized spacial score (nSPS) is 25.8. The number of hydrogen-bond donors (Lipinski definition) is 0. The summed E-state index contributed by atoms with van der Waals surface area (Å²) < 4.78 is 46.5. The Morgan fingerprint density at radius 1 is 1.24 bits per heavy atom. The van der Waals surface area contributed by atoms with Crippen molar-refractivity contribution in [1.29, 1.82) is 0 Å². The van der Waals surface area contributed by atoms with Crippen molar-refractivity contribution in [2.24, 2.45) is 0 Å². The molecule has 2 heterocycles. The molecule has 2 aliphatic heterocycles. The van der Waals surface area contributed by atoms with Crippen molar-refractivity contribution in [3.63, 3.8) is 0 Å². The SMILES string of the molecule is FC(F)(F)Oc1ccc2c(c1)C1OC2C=C1Br. The first-order valence-corrected chi connectivity index (χ1v) is 5.65. The topological polar surface area (TPSA) is 18.5 Å². The highest BCUT2D eigenvalue weighted by molar-refractivity contribution is 9.11. The Labute approximate surface area is 103 Å². The average Bonchev–Trinajstić information content (AvgIpc) is 2.72. The number of halogens is 4. The molecule has 90 valence electrons. The molecule has 17 heavy (non-hydrogen) atoms. The summed E-state index contributed by atoms with van der Waals surface area (Å²) in [5.74, 6) is -0.215. The second-order valence-corrected chi connectivity index (χ2v) is 4.74. The minimum atomic E-state index is -4.67. The number of rotatable bonds is 1. The Balaban J connectivity index is 1.95. The van der Waals surface area contributed by atoms with Gasteiger partial charge in [-0.3, -0.25) is 0 Å². The molecule has 1 aromatic rings.